The summed E-state index contributed by atoms with van der Waals surface area (Å²) in [6, 6.07) is 28.1. The summed E-state index contributed by atoms with van der Waals surface area (Å²) >= 11 is 0. The fraction of sp³-hybridized carbons (Fsp3) is 0.370. The van der Waals surface area contributed by atoms with Crippen LogP contribution in [0, 0.1) is 0 Å². The zero-order valence-corrected chi connectivity index (χ0v) is 34.4. The lowest BCUT2D eigenvalue weighted by atomic mass is 10.1. The third kappa shape index (κ3) is 16.0. The van der Waals surface area contributed by atoms with Gasteiger partial charge in [-0.1, -0.05) is 63.5 Å². The first kappa shape index (κ1) is 48.0. The van der Waals surface area contributed by atoms with E-state index in [1.807, 2.05) is 48.5 Å². The molecule has 2 aromatic heterocycles. The van der Waals surface area contributed by atoms with E-state index < -0.39 is 23.9 Å². The lowest BCUT2D eigenvalue weighted by Crippen LogP contribution is -2.39. The first-order chi connectivity index (χ1) is 30.2. The van der Waals surface area contributed by atoms with Crippen molar-refractivity contribution in [3.05, 3.63) is 109 Å². The highest BCUT2D eigenvalue weighted by atomic mass is 19.4. The summed E-state index contributed by atoms with van der Waals surface area (Å²) in [7, 11) is 0. The number of nitrogens with zero attached hydrogens (tertiary/aromatic N) is 2. The molecule has 0 radical (unpaired) electrons. The van der Waals surface area contributed by atoms with Gasteiger partial charge in [-0.25, -0.2) is 9.97 Å². The van der Waals surface area contributed by atoms with Crippen LogP contribution in [-0.4, -0.2) is 62.2 Å². The Bertz CT molecular complexity index is 2300. The molecule has 0 amide bonds. The van der Waals surface area contributed by atoms with Crippen LogP contribution in [0.3, 0.4) is 0 Å². The quantitative estimate of drug-likeness (QED) is 0.0479. The maximum atomic E-state index is 11.2. The Morgan fingerprint density at radius 3 is 1.46 bits per heavy atom. The first-order valence-electron chi connectivity index (χ1n) is 20.8. The largest absolute Gasteiger partial charge is 0.458 e. The van der Waals surface area contributed by atoms with Crippen molar-refractivity contribution in [2.75, 3.05) is 0 Å². The van der Waals surface area contributed by atoms with Crippen LogP contribution >= 0.6 is 0 Å². The Labute approximate surface area is 360 Å². The van der Waals surface area contributed by atoms with Gasteiger partial charge in [-0.05, 0) is 91.9 Å². The summed E-state index contributed by atoms with van der Waals surface area (Å²) in [6.07, 6.45) is 8.84. The number of carbonyl (C=O) groups excluding carboxylic acids is 3. The van der Waals surface area contributed by atoms with Crippen LogP contribution in [0.5, 0.6) is 23.0 Å². The number of imidazole rings is 2. The van der Waals surface area contributed by atoms with Crippen molar-refractivity contribution in [3.63, 3.8) is 0 Å². The number of hydrogen-bond acceptors (Lipinski definition) is 9. The Hall–Kier alpha value is -6.07. The number of aromatic amines is 2. The smallest absolute Gasteiger partial charge is 0.457 e. The maximum Gasteiger partial charge on any atom is 0.458 e. The third-order valence-electron chi connectivity index (χ3n) is 10.3. The number of H-pyrrole nitrogens is 2. The first-order valence-corrected chi connectivity index (χ1v) is 20.8. The van der Waals surface area contributed by atoms with Gasteiger partial charge in [-0.2, -0.15) is 26.3 Å². The Balaban J connectivity index is 0.000000172. The second-order valence-corrected chi connectivity index (χ2v) is 15.2. The number of Topliss-reactive ketones (excluding diaryl/α,β-unsaturated/α-hetero) is 2. The van der Waals surface area contributed by atoms with Gasteiger partial charge in [0, 0.05) is 36.3 Å². The second-order valence-electron chi connectivity index (χ2n) is 15.2. The summed E-state index contributed by atoms with van der Waals surface area (Å²) in [6.45, 7) is 0.936. The molecule has 2 fully saturated rings. The minimum absolute atomic E-state index is 0.525. The van der Waals surface area contributed by atoms with Crippen LogP contribution in [0.15, 0.2) is 97.6 Å². The van der Waals surface area contributed by atoms with Crippen molar-refractivity contribution in [2.45, 2.75) is 108 Å². The summed E-state index contributed by atoms with van der Waals surface area (Å²) in [5, 5.41) is 3.71. The highest BCUT2D eigenvalue weighted by Crippen LogP contribution is 2.27. The lowest BCUT2D eigenvalue weighted by Gasteiger charge is -2.16. The van der Waals surface area contributed by atoms with Crippen LogP contribution in [0.25, 0.3) is 22.1 Å². The van der Waals surface area contributed by atoms with Crippen LogP contribution in [-0.2, 0) is 16.1 Å². The molecular weight excluding hydrogens is 831 g/mol. The summed E-state index contributed by atoms with van der Waals surface area (Å²) in [4.78, 5) is 44.3. The molecule has 2 saturated carbocycles. The number of aromatic nitrogens is 4. The topological polar surface area (TPSA) is 165 Å². The lowest BCUT2D eigenvalue weighted by molar-refractivity contribution is -0.193. The minimum atomic E-state index is -5.77. The molecule has 63 heavy (non-hydrogen) atoms. The van der Waals surface area contributed by atoms with E-state index in [9.17, 15) is 40.7 Å². The van der Waals surface area contributed by atoms with Crippen molar-refractivity contribution < 1.29 is 50.2 Å². The second kappa shape index (κ2) is 23.4. The molecule has 2 aliphatic rings. The molecule has 17 heteroatoms. The average Bonchev–Trinajstić information content (AvgIpc) is 3.77. The zero-order chi connectivity index (χ0) is 45.2. The predicted molar refractivity (Wildman–Crippen MR) is 227 cm³/mol. The van der Waals surface area contributed by atoms with Crippen LogP contribution in [0.4, 0.5) is 26.3 Å². The molecule has 0 aliphatic heterocycles. The molecule has 2 heterocycles. The molecule has 5 N–H and O–H groups in total. The van der Waals surface area contributed by atoms with Gasteiger partial charge < -0.3 is 30.5 Å². The molecule has 0 spiro atoms. The average molecular weight is 881 g/mol. The zero-order valence-electron chi connectivity index (χ0n) is 34.4. The number of ether oxygens (including phenoxy) is 2. The number of alkyl halides is 6. The van der Waals surface area contributed by atoms with Gasteiger partial charge in [0.1, 0.15) is 29.3 Å². The maximum absolute atomic E-state index is 11.2. The van der Waals surface area contributed by atoms with E-state index in [1.54, 1.807) is 36.9 Å². The molecule has 0 saturated heterocycles. The van der Waals surface area contributed by atoms with E-state index in [0.29, 0.717) is 23.4 Å². The molecule has 4 aromatic carbocycles. The summed E-state index contributed by atoms with van der Waals surface area (Å²) in [5.41, 5.74) is 11.4. The van der Waals surface area contributed by atoms with Crippen molar-refractivity contribution in [2.24, 2.45) is 5.73 Å². The molecule has 11 nitrogen and oxygen atoms in total. The highest BCUT2D eigenvalue weighted by molar-refractivity contribution is 6.41. The van der Waals surface area contributed by atoms with Crippen molar-refractivity contribution >= 4 is 39.9 Å². The summed E-state index contributed by atoms with van der Waals surface area (Å²) < 4.78 is 78.6. The monoisotopic (exact) mass is 880 g/mol. The number of benzene rings is 4. The molecular formula is C46H50F6N6O5. The number of hydrogen-bond donors (Lipinski definition) is 4. The van der Waals surface area contributed by atoms with E-state index in [2.05, 4.69) is 37.4 Å². The van der Waals surface area contributed by atoms with Gasteiger partial charge >= 0.3 is 23.9 Å². The van der Waals surface area contributed by atoms with Gasteiger partial charge in [0.05, 0.1) is 34.7 Å². The fourth-order valence-corrected chi connectivity index (χ4v) is 6.83. The van der Waals surface area contributed by atoms with Gasteiger partial charge in [-0.15, -0.1) is 0 Å². The fourth-order valence-electron chi connectivity index (χ4n) is 6.83. The normalized spacial score (nSPS) is 15.0. The number of ketones is 2. The number of fused-ring (bicyclic) bond motifs is 2. The van der Waals surface area contributed by atoms with E-state index >= 15 is 0 Å². The van der Waals surface area contributed by atoms with E-state index in [-0.39, 0.29) is 0 Å². The Morgan fingerprint density at radius 2 is 1.03 bits per heavy atom. The molecule has 336 valence electrons. The van der Waals surface area contributed by atoms with Crippen LogP contribution in [0.2, 0.25) is 0 Å². The number of nitrogens with one attached hydrogen (secondary N) is 3. The molecule has 6 aromatic rings. The van der Waals surface area contributed by atoms with E-state index in [1.165, 1.54) is 82.6 Å². The van der Waals surface area contributed by atoms with Crippen molar-refractivity contribution in [1.82, 2.24) is 25.3 Å². The van der Waals surface area contributed by atoms with Gasteiger partial charge in [0.25, 0.3) is 0 Å². The number of carbonyl (C=O) groups is 3. The molecule has 0 bridgehead atoms. The number of rotatable bonds is 9. The Morgan fingerprint density at radius 1 is 0.619 bits per heavy atom. The van der Waals surface area contributed by atoms with E-state index in [4.69, 9.17) is 15.2 Å². The highest BCUT2D eigenvalue weighted by Gasteiger charge is 2.54. The SMILES string of the molecule is NC1CCCCCC1.O=C(C(=O)C(F)(F)F)C(F)(F)F.O=Cc1ccc(Oc2ccc3nc[nH]c3c2)cc1.c1nc2ccc(Oc3ccc(CNC4CCCCCC4)cc3)cc2[nH]1. The standard InChI is InChI=1S/C21H25N3O.C14H10N2O2.C7H15N.C4F6O2/c1-2-4-6-17(5-3-1)22-14-16-7-9-18(10-8-16)25-19-11-12-20-21(13-19)24-15-23-20;17-8-10-1-3-11(4-2-10)18-12-5-6-13-14(7-12)16-9-15-13;8-7-5-3-1-2-4-6-7;5-3(6,7)1(11)2(12)4(8,9)10/h7-13,15,17,22H,1-6,14H2,(H,23,24);1-9H,(H,15,16);7H,1-6,8H2;. The molecule has 2 aliphatic carbocycles. The van der Waals surface area contributed by atoms with Gasteiger partial charge in [0.15, 0.2) is 0 Å². The van der Waals surface area contributed by atoms with Crippen LogP contribution < -0.4 is 20.5 Å². The van der Waals surface area contributed by atoms with Crippen molar-refractivity contribution in [3.8, 4) is 23.0 Å². The minimum Gasteiger partial charge on any atom is -0.457 e. The predicted octanol–water partition coefficient (Wildman–Crippen LogP) is 11.3. The van der Waals surface area contributed by atoms with Crippen molar-refractivity contribution in [1.29, 1.82) is 0 Å². The van der Waals surface area contributed by atoms with Gasteiger partial charge in [-0.3, -0.25) is 14.4 Å². The number of nitrogens with two attached hydrogens (primary N) is 1. The summed E-state index contributed by atoms with van der Waals surface area (Å²) in [5.74, 6) is -3.71. The van der Waals surface area contributed by atoms with Crippen LogP contribution in [0.1, 0.15) is 93.0 Å². The number of halogens is 6. The Kier molecular flexibility index (Phi) is 17.8. The van der Waals surface area contributed by atoms with E-state index in [0.717, 1.165) is 52.1 Å². The molecule has 0 atom stereocenters. The third-order valence-corrected chi connectivity index (χ3v) is 10.3. The number of aldehydes is 1. The molecule has 8 rings (SSSR count). The molecule has 0 unspecified atom stereocenters. The van der Waals surface area contributed by atoms with Gasteiger partial charge in [0.2, 0.25) is 0 Å².